The zero-order chi connectivity index (χ0) is 24.0. The zero-order valence-electron chi connectivity index (χ0n) is 19.2. The van der Waals surface area contributed by atoms with Crippen molar-refractivity contribution in [1.29, 1.82) is 0 Å². The molecule has 2 aromatic carbocycles. The van der Waals surface area contributed by atoms with Crippen LogP contribution in [0.5, 0.6) is 0 Å². The molecule has 2 heterocycles. The molecular weight excluding hydrogens is 468 g/mol. The van der Waals surface area contributed by atoms with Gasteiger partial charge < -0.3 is 10.2 Å². The minimum absolute atomic E-state index is 0.137. The second-order valence-electron chi connectivity index (χ2n) is 8.47. The summed E-state index contributed by atoms with van der Waals surface area (Å²) < 4.78 is 27.8. The number of sulfonamides is 1. The maximum Gasteiger partial charge on any atom is 0.251 e. The number of hydrogen-bond donors (Lipinski definition) is 2. The van der Waals surface area contributed by atoms with E-state index in [2.05, 4.69) is 26.9 Å². The largest absolute Gasteiger partial charge is 0.344 e. The van der Waals surface area contributed by atoms with Crippen LogP contribution >= 0.6 is 11.3 Å². The Balaban J connectivity index is 1.42. The van der Waals surface area contributed by atoms with Gasteiger partial charge in [0.15, 0.2) is 0 Å². The van der Waals surface area contributed by atoms with Gasteiger partial charge in [0.05, 0.1) is 10.9 Å². The van der Waals surface area contributed by atoms with E-state index in [0.717, 1.165) is 43.2 Å². The number of rotatable bonds is 9. The van der Waals surface area contributed by atoms with Gasteiger partial charge in [0.1, 0.15) is 0 Å². The van der Waals surface area contributed by atoms with Gasteiger partial charge in [0, 0.05) is 49.7 Å². The average molecular weight is 499 g/mol. The average Bonchev–Trinajstić information content (AvgIpc) is 3.38. The van der Waals surface area contributed by atoms with E-state index in [9.17, 15) is 13.2 Å². The van der Waals surface area contributed by atoms with Gasteiger partial charge in [-0.2, -0.15) is 0 Å². The zero-order valence-corrected chi connectivity index (χ0v) is 20.8. The fourth-order valence-corrected chi connectivity index (χ4v) is 5.64. The number of nitrogens with zero attached hydrogens (tertiary/aromatic N) is 2. The lowest BCUT2D eigenvalue weighted by atomic mass is 10.0. The van der Waals surface area contributed by atoms with Gasteiger partial charge in [-0.15, -0.1) is 11.3 Å². The first-order valence-electron chi connectivity index (χ1n) is 11.3. The van der Waals surface area contributed by atoms with Crippen LogP contribution in [-0.2, 0) is 16.6 Å². The lowest BCUT2D eigenvalue weighted by molar-refractivity contribution is 0.0907. The van der Waals surface area contributed by atoms with Crippen molar-refractivity contribution in [3.63, 3.8) is 0 Å². The van der Waals surface area contributed by atoms with Crippen LogP contribution in [0.3, 0.4) is 0 Å². The summed E-state index contributed by atoms with van der Waals surface area (Å²) in [6, 6.07) is 19.6. The minimum atomic E-state index is -3.65. The van der Waals surface area contributed by atoms with Crippen molar-refractivity contribution in [2.45, 2.75) is 17.5 Å². The Kier molecular flexibility index (Phi) is 8.12. The van der Waals surface area contributed by atoms with Gasteiger partial charge in [0.2, 0.25) is 10.0 Å². The Morgan fingerprint density at radius 1 is 0.971 bits per heavy atom. The van der Waals surface area contributed by atoms with Crippen LogP contribution < -0.4 is 10.0 Å². The Hall–Kier alpha value is -2.56. The van der Waals surface area contributed by atoms with Crippen molar-refractivity contribution in [3.05, 3.63) is 88.1 Å². The molecule has 1 amide bonds. The highest BCUT2D eigenvalue weighted by atomic mass is 32.2. The normalized spacial score (nSPS) is 16.3. The smallest absolute Gasteiger partial charge is 0.251 e. The van der Waals surface area contributed by atoms with Gasteiger partial charge in [-0.25, -0.2) is 13.1 Å². The molecule has 1 saturated heterocycles. The summed E-state index contributed by atoms with van der Waals surface area (Å²) in [6.07, 6.45) is 0. The fraction of sp³-hybridized carbons (Fsp3) is 0.320. The molecule has 34 heavy (non-hydrogen) atoms. The van der Waals surface area contributed by atoms with Gasteiger partial charge in [-0.1, -0.05) is 36.4 Å². The quantitative estimate of drug-likeness (QED) is 0.474. The minimum Gasteiger partial charge on any atom is -0.344 e. The number of likely N-dealkylation sites (N-methyl/N-ethyl adjacent to an activating group) is 1. The van der Waals surface area contributed by atoms with Crippen molar-refractivity contribution in [2.24, 2.45) is 0 Å². The van der Waals surface area contributed by atoms with Crippen molar-refractivity contribution in [3.8, 4) is 0 Å². The molecule has 3 aromatic rings. The Bertz CT molecular complexity index is 1160. The van der Waals surface area contributed by atoms with Crippen molar-refractivity contribution in [1.82, 2.24) is 19.8 Å². The summed E-state index contributed by atoms with van der Waals surface area (Å²) in [5.74, 6) is -0.224. The van der Waals surface area contributed by atoms with Crippen LogP contribution in [0.1, 0.15) is 26.8 Å². The first-order chi connectivity index (χ1) is 16.4. The number of piperazine rings is 1. The van der Waals surface area contributed by atoms with E-state index in [1.807, 2.05) is 47.8 Å². The summed E-state index contributed by atoms with van der Waals surface area (Å²) >= 11 is 1.50. The van der Waals surface area contributed by atoms with Crippen LogP contribution in [0.4, 0.5) is 0 Å². The molecule has 0 aliphatic carbocycles. The van der Waals surface area contributed by atoms with E-state index in [-0.39, 0.29) is 23.4 Å². The number of thiophene rings is 1. The van der Waals surface area contributed by atoms with Gasteiger partial charge >= 0.3 is 0 Å². The molecule has 0 spiro atoms. The maximum atomic E-state index is 13.1. The van der Waals surface area contributed by atoms with E-state index >= 15 is 0 Å². The third kappa shape index (κ3) is 6.52. The molecule has 7 nitrogen and oxygen atoms in total. The summed E-state index contributed by atoms with van der Waals surface area (Å²) in [6.45, 7) is 4.90. The van der Waals surface area contributed by atoms with E-state index < -0.39 is 10.0 Å². The van der Waals surface area contributed by atoms with E-state index in [1.165, 1.54) is 23.5 Å². The second kappa shape index (κ2) is 11.2. The van der Waals surface area contributed by atoms with Gasteiger partial charge in [-0.3, -0.25) is 9.69 Å². The standard InChI is InChI=1S/C25H30N4O3S2/c1-28-13-15-29(16-14-28)19-24(20-6-3-2-4-7-20)27-25(30)21-9-11-23(12-10-21)34(31,32)26-18-22-8-5-17-33-22/h2-12,17,24,26H,13-16,18-19H2,1H3,(H,27,30). The van der Waals surface area contributed by atoms with Crippen molar-refractivity contribution < 1.29 is 13.2 Å². The van der Waals surface area contributed by atoms with Gasteiger partial charge in [-0.05, 0) is 48.3 Å². The predicted octanol–water partition coefficient (Wildman–Crippen LogP) is 2.95. The maximum absolute atomic E-state index is 13.1. The highest BCUT2D eigenvalue weighted by molar-refractivity contribution is 7.89. The molecule has 1 fully saturated rings. The van der Waals surface area contributed by atoms with Crippen LogP contribution in [0.25, 0.3) is 0 Å². The number of benzene rings is 2. The molecular formula is C25H30N4O3S2. The third-order valence-electron chi connectivity index (χ3n) is 5.99. The predicted molar refractivity (Wildman–Crippen MR) is 135 cm³/mol. The van der Waals surface area contributed by atoms with Gasteiger partial charge in [0.25, 0.3) is 5.91 Å². The number of amides is 1. The van der Waals surface area contributed by atoms with E-state index in [1.54, 1.807) is 12.1 Å². The number of nitrogens with one attached hydrogen (secondary N) is 2. The van der Waals surface area contributed by atoms with Crippen molar-refractivity contribution in [2.75, 3.05) is 39.8 Å². The lowest BCUT2D eigenvalue weighted by Crippen LogP contribution is -2.47. The topological polar surface area (TPSA) is 81.8 Å². The summed E-state index contributed by atoms with van der Waals surface area (Å²) in [7, 11) is -1.53. The molecule has 0 saturated carbocycles. The van der Waals surface area contributed by atoms with Crippen molar-refractivity contribution >= 4 is 27.3 Å². The molecule has 4 rings (SSSR count). The molecule has 1 atom stereocenters. The molecule has 9 heteroatoms. The highest BCUT2D eigenvalue weighted by Gasteiger charge is 2.22. The van der Waals surface area contributed by atoms with Crippen LogP contribution in [0.2, 0.25) is 0 Å². The van der Waals surface area contributed by atoms with Crippen LogP contribution in [0, 0.1) is 0 Å². The molecule has 1 aromatic heterocycles. The van der Waals surface area contributed by atoms with E-state index in [0.29, 0.717) is 5.56 Å². The van der Waals surface area contributed by atoms with E-state index in [4.69, 9.17) is 0 Å². The molecule has 0 radical (unpaired) electrons. The Morgan fingerprint density at radius 3 is 2.32 bits per heavy atom. The summed E-state index contributed by atoms with van der Waals surface area (Å²) in [5, 5.41) is 5.06. The van der Waals surface area contributed by atoms with Crippen LogP contribution in [0.15, 0.2) is 77.0 Å². The first kappa shape index (κ1) is 24.6. The molecule has 2 N–H and O–H groups in total. The number of hydrogen-bond acceptors (Lipinski definition) is 6. The molecule has 180 valence electrons. The molecule has 1 aliphatic rings. The monoisotopic (exact) mass is 498 g/mol. The highest BCUT2D eigenvalue weighted by Crippen LogP contribution is 2.18. The summed E-state index contributed by atoms with van der Waals surface area (Å²) in [5.41, 5.74) is 1.48. The Morgan fingerprint density at radius 2 is 1.68 bits per heavy atom. The summed E-state index contributed by atoms with van der Waals surface area (Å²) in [4.78, 5) is 18.8. The Labute approximate surface area is 205 Å². The molecule has 1 aliphatic heterocycles. The number of carbonyl (C=O) groups is 1. The third-order valence-corrected chi connectivity index (χ3v) is 8.28. The first-order valence-corrected chi connectivity index (χ1v) is 13.7. The van der Waals surface area contributed by atoms with Crippen LogP contribution in [-0.4, -0.2) is 63.9 Å². The molecule has 0 bridgehead atoms. The number of carbonyl (C=O) groups excluding carboxylic acids is 1. The SMILES string of the molecule is CN1CCN(CC(NC(=O)c2ccc(S(=O)(=O)NCc3cccs3)cc2)c2ccccc2)CC1. The fourth-order valence-electron chi connectivity index (χ4n) is 3.90. The second-order valence-corrected chi connectivity index (χ2v) is 11.3. The lowest BCUT2D eigenvalue weighted by Gasteiger charge is -2.35. The molecule has 1 unspecified atom stereocenters.